The van der Waals surface area contributed by atoms with Gasteiger partial charge in [0, 0.05) is 29.2 Å². The summed E-state index contributed by atoms with van der Waals surface area (Å²) >= 11 is 4.80. The number of nitrogens with zero attached hydrogens (tertiary/aromatic N) is 3. The third kappa shape index (κ3) is 4.25. The van der Waals surface area contributed by atoms with Crippen molar-refractivity contribution < 1.29 is 14.3 Å². The van der Waals surface area contributed by atoms with E-state index in [2.05, 4.69) is 31.4 Å². The van der Waals surface area contributed by atoms with Crippen molar-refractivity contribution in [2.45, 2.75) is 12.1 Å². The third-order valence-corrected chi connectivity index (χ3v) is 6.14. The molecule has 0 fully saturated rings. The molecule has 0 radical (unpaired) electrons. The second kappa shape index (κ2) is 8.46. The Labute approximate surface area is 180 Å². The van der Waals surface area contributed by atoms with Gasteiger partial charge in [0.25, 0.3) is 0 Å². The average molecular weight is 475 g/mol. The quantitative estimate of drug-likeness (QED) is 0.561. The normalized spacial score (nSPS) is 12.7. The van der Waals surface area contributed by atoms with Gasteiger partial charge in [-0.15, -0.1) is 10.2 Å². The number of hydrogen-bond acceptors (Lipinski definition) is 6. The van der Waals surface area contributed by atoms with Crippen LogP contribution in [0, 0.1) is 6.92 Å². The zero-order valence-corrected chi connectivity index (χ0v) is 18.3. The van der Waals surface area contributed by atoms with E-state index in [0.717, 1.165) is 21.4 Å². The lowest BCUT2D eigenvalue weighted by molar-refractivity contribution is -0.113. The molecule has 9 heteroatoms. The number of ether oxygens (including phenoxy) is 2. The molecule has 0 aliphatic carbocycles. The first kappa shape index (κ1) is 19.8. The van der Waals surface area contributed by atoms with E-state index in [1.165, 1.54) is 11.8 Å². The van der Waals surface area contributed by atoms with Gasteiger partial charge in [-0.2, -0.15) is 0 Å². The summed E-state index contributed by atoms with van der Waals surface area (Å²) in [5, 5.41) is 12.1. The van der Waals surface area contributed by atoms with Gasteiger partial charge in [0.05, 0.1) is 11.4 Å². The van der Waals surface area contributed by atoms with Crippen LogP contribution in [-0.4, -0.2) is 39.6 Å². The zero-order chi connectivity index (χ0) is 20.4. The molecule has 0 unspecified atom stereocenters. The molecule has 7 nitrogen and oxygen atoms in total. The van der Waals surface area contributed by atoms with Gasteiger partial charge >= 0.3 is 0 Å². The van der Waals surface area contributed by atoms with Crippen LogP contribution in [0.4, 0.5) is 5.69 Å². The van der Waals surface area contributed by atoms with Crippen molar-refractivity contribution in [2.75, 3.05) is 24.3 Å². The second-order valence-corrected chi connectivity index (χ2v) is 8.29. The summed E-state index contributed by atoms with van der Waals surface area (Å²) in [6, 6.07) is 11.6. The molecule has 0 saturated carbocycles. The maximum Gasteiger partial charge on any atom is 0.234 e. The van der Waals surface area contributed by atoms with E-state index in [1.54, 1.807) is 12.1 Å². The van der Waals surface area contributed by atoms with E-state index in [4.69, 9.17) is 9.47 Å². The fourth-order valence-corrected chi connectivity index (χ4v) is 4.11. The molecule has 0 bridgehead atoms. The molecule has 0 atom stereocenters. The molecule has 1 aliphatic rings. The molecule has 1 aliphatic heterocycles. The van der Waals surface area contributed by atoms with Gasteiger partial charge in [-0.05, 0) is 28.4 Å². The van der Waals surface area contributed by atoms with Crippen LogP contribution in [0.2, 0.25) is 0 Å². The number of fused-ring (bicyclic) bond motifs is 1. The molecule has 1 N–H and O–H groups in total. The summed E-state index contributed by atoms with van der Waals surface area (Å²) in [7, 11) is 1.90. The number of carbonyl (C=O) groups excluding carboxylic acids is 1. The summed E-state index contributed by atoms with van der Waals surface area (Å²) in [5.41, 5.74) is 2.79. The Kier molecular flexibility index (Phi) is 5.77. The molecule has 29 heavy (non-hydrogen) atoms. The van der Waals surface area contributed by atoms with Gasteiger partial charge in [0.15, 0.2) is 22.5 Å². The fraction of sp³-hybridized carbons (Fsp3) is 0.250. The van der Waals surface area contributed by atoms with Crippen molar-refractivity contribution in [3.05, 3.63) is 46.4 Å². The van der Waals surface area contributed by atoms with Crippen molar-refractivity contribution in [1.29, 1.82) is 0 Å². The summed E-state index contributed by atoms with van der Waals surface area (Å²) in [6.07, 6.45) is 0. The number of nitrogens with one attached hydrogen (secondary N) is 1. The minimum absolute atomic E-state index is 0.146. The third-order valence-electron chi connectivity index (χ3n) is 4.46. The highest BCUT2D eigenvalue weighted by Crippen LogP contribution is 2.38. The van der Waals surface area contributed by atoms with E-state index >= 15 is 0 Å². The molecule has 1 aromatic heterocycles. The summed E-state index contributed by atoms with van der Waals surface area (Å²) in [5.74, 6) is 2.13. The Morgan fingerprint density at radius 2 is 1.93 bits per heavy atom. The highest BCUT2D eigenvalue weighted by Gasteiger charge is 2.17. The van der Waals surface area contributed by atoms with Crippen molar-refractivity contribution >= 4 is 39.3 Å². The van der Waals surface area contributed by atoms with Crippen LogP contribution in [0.3, 0.4) is 0 Å². The SMILES string of the molecule is Cc1ccccc1-c1nnc(SCC(=O)Nc2cc3c(cc2Br)OCCO3)n1C. The molecular formula is C20H19BrN4O3S. The first-order valence-electron chi connectivity index (χ1n) is 9.00. The number of amides is 1. The second-order valence-electron chi connectivity index (χ2n) is 6.49. The van der Waals surface area contributed by atoms with Crippen molar-refractivity contribution in [3.8, 4) is 22.9 Å². The number of halogens is 1. The van der Waals surface area contributed by atoms with Crippen molar-refractivity contribution in [3.63, 3.8) is 0 Å². The van der Waals surface area contributed by atoms with Gasteiger partial charge in [-0.1, -0.05) is 36.0 Å². The van der Waals surface area contributed by atoms with Gasteiger partial charge in [-0.3, -0.25) is 4.79 Å². The lowest BCUT2D eigenvalue weighted by atomic mass is 10.1. The number of thioether (sulfide) groups is 1. The van der Waals surface area contributed by atoms with Crippen LogP contribution in [-0.2, 0) is 11.8 Å². The molecule has 1 amide bonds. The molecule has 3 aromatic rings. The van der Waals surface area contributed by atoms with Crippen LogP contribution in [0.1, 0.15) is 5.56 Å². The summed E-state index contributed by atoms with van der Waals surface area (Å²) < 4.78 is 13.8. The molecule has 2 heterocycles. The molecule has 0 saturated heterocycles. The number of rotatable bonds is 5. The van der Waals surface area contributed by atoms with Gasteiger partial charge in [0.2, 0.25) is 5.91 Å². The Balaban J connectivity index is 1.43. The lowest BCUT2D eigenvalue weighted by Gasteiger charge is -2.20. The molecule has 4 rings (SSSR count). The Morgan fingerprint density at radius 3 is 2.69 bits per heavy atom. The maximum absolute atomic E-state index is 12.5. The smallest absolute Gasteiger partial charge is 0.234 e. The van der Waals surface area contributed by atoms with E-state index in [9.17, 15) is 4.79 Å². The molecular weight excluding hydrogens is 456 g/mol. The van der Waals surface area contributed by atoms with Crippen LogP contribution < -0.4 is 14.8 Å². The predicted octanol–water partition coefficient (Wildman–Crippen LogP) is 4.06. The van der Waals surface area contributed by atoms with Crippen LogP contribution in [0.15, 0.2) is 46.0 Å². The first-order valence-corrected chi connectivity index (χ1v) is 10.8. The Hall–Kier alpha value is -2.52. The summed E-state index contributed by atoms with van der Waals surface area (Å²) in [6.45, 7) is 3.05. The number of benzene rings is 2. The first-order chi connectivity index (χ1) is 14.0. The minimum Gasteiger partial charge on any atom is -0.486 e. The molecule has 0 spiro atoms. The van der Waals surface area contributed by atoms with Crippen molar-refractivity contribution in [1.82, 2.24) is 14.8 Å². The fourth-order valence-electron chi connectivity index (χ4n) is 2.98. The lowest BCUT2D eigenvalue weighted by Crippen LogP contribution is -2.17. The topological polar surface area (TPSA) is 78.3 Å². The Morgan fingerprint density at radius 1 is 1.21 bits per heavy atom. The van der Waals surface area contributed by atoms with Crippen LogP contribution in [0.5, 0.6) is 11.5 Å². The maximum atomic E-state index is 12.5. The number of hydrogen-bond donors (Lipinski definition) is 1. The predicted molar refractivity (Wildman–Crippen MR) is 116 cm³/mol. The van der Waals surface area contributed by atoms with Gasteiger partial charge in [-0.25, -0.2) is 0 Å². The standard InChI is InChI=1S/C20H19BrN4O3S/c1-12-5-3-4-6-13(12)19-23-24-20(25(19)2)29-11-18(26)22-15-10-17-16(9-14(15)21)27-7-8-28-17/h3-6,9-10H,7-8,11H2,1-2H3,(H,22,26). The highest BCUT2D eigenvalue weighted by atomic mass is 79.9. The number of anilines is 1. The van der Waals surface area contributed by atoms with E-state index in [1.807, 2.05) is 42.8 Å². The highest BCUT2D eigenvalue weighted by molar-refractivity contribution is 9.10. The summed E-state index contributed by atoms with van der Waals surface area (Å²) in [4.78, 5) is 12.5. The average Bonchev–Trinajstić information content (AvgIpc) is 3.07. The van der Waals surface area contributed by atoms with E-state index < -0.39 is 0 Å². The van der Waals surface area contributed by atoms with E-state index in [0.29, 0.717) is 35.6 Å². The monoisotopic (exact) mass is 474 g/mol. The zero-order valence-electron chi connectivity index (χ0n) is 15.9. The molecule has 150 valence electrons. The minimum atomic E-state index is -0.146. The van der Waals surface area contributed by atoms with Gasteiger partial charge in [0.1, 0.15) is 13.2 Å². The Bertz CT molecular complexity index is 1070. The largest absolute Gasteiger partial charge is 0.486 e. The number of aryl methyl sites for hydroxylation is 1. The van der Waals surface area contributed by atoms with E-state index in [-0.39, 0.29) is 11.7 Å². The van der Waals surface area contributed by atoms with Crippen molar-refractivity contribution in [2.24, 2.45) is 7.05 Å². The van der Waals surface area contributed by atoms with Gasteiger partial charge < -0.3 is 19.4 Å². The van der Waals surface area contributed by atoms with Crippen LogP contribution >= 0.6 is 27.7 Å². The number of carbonyl (C=O) groups is 1. The number of aromatic nitrogens is 3. The molecule has 2 aromatic carbocycles. The van der Waals surface area contributed by atoms with Crippen LogP contribution in [0.25, 0.3) is 11.4 Å².